The molecule has 100 valence electrons. The van der Waals surface area contributed by atoms with Gasteiger partial charge in [-0.25, -0.2) is 0 Å². The molecule has 0 aliphatic carbocycles. The zero-order valence-electron chi connectivity index (χ0n) is 10.3. The van der Waals surface area contributed by atoms with Crippen molar-refractivity contribution in [3.63, 3.8) is 0 Å². The van der Waals surface area contributed by atoms with Gasteiger partial charge in [-0.3, -0.25) is 4.90 Å². The minimum Gasteiger partial charge on any atom is -0.396 e. The van der Waals surface area contributed by atoms with E-state index in [9.17, 15) is 0 Å². The lowest BCUT2D eigenvalue weighted by Gasteiger charge is -2.27. The summed E-state index contributed by atoms with van der Waals surface area (Å²) in [4.78, 5) is 3.93. The van der Waals surface area contributed by atoms with Gasteiger partial charge in [0.05, 0.1) is 15.7 Å². The van der Waals surface area contributed by atoms with Gasteiger partial charge in [-0.15, -0.1) is 11.3 Å². The molecular weight excluding hydrogens is 299 g/mol. The number of hydrogen-bond acceptors (Lipinski definition) is 3. The molecule has 0 fully saturated rings. The van der Waals surface area contributed by atoms with Crippen molar-refractivity contribution in [1.82, 2.24) is 4.90 Å². The zero-order valence-corrected chi connectivity index (χ0v) is 12.7. The molecule has 0 unspecified atom stereocenters. The number of benzene rings is 1. The van der Waals surface area contributed by atoms with Gasteiger partial charge in [-0.05, 0) is 41.1 Å². The summed E-state index contributed by atoms with van der Waals surface area (Å²) in [5.74, 6) is 0. The molecule has 2 heterocycles. The third-order valence-electron chi connectivity index (χ3n) is 3.43. The Morgan fingerprint density at radius 3 is 2.74 bits per heavy atom. The highest BCUT2D eigenvalue weighted by Gasteiger charge is 2.17. The molecule has 0 spiro atoms. The summed E-state index contributed by atoms with van der Waals surface area (Å²) in [5, 5.41) is 3.25. The van der Waals surface area contributed by atoms with Gasteiger partial charge in [0.15, 0.2) is 0 Å². The molecule has 2 aromatic rings. The predicted molar refractivity (Wildman–Crippen MR) is 83.0 cm³/mol. The minimum atomic E-state index is 0.464. The maximum Gasteiger partial charge on any atom is 0.0693 e. The summed E-state index contributed by atoms with van der Waals surface area (Å²) in [7, 11) is 0. The lowest BCUT2D eigenvalue weighted by molar-refractivity contribution is 0.247. The highest BCUT2D eigenvalue weighted by molar-refractivity contribution is 7.10. The summed E-state index contributed by atoms with van der Waals surface area (Å²) in [5.41, 5.74) is 8.78. The number of nitrogens with two attached hydrogens (primary N) is 1. The molecule has 3 rings (SSSR count). The van der Waals surface area contributed by atoms with Gasteiger partial charge in [0.1, 0.15) is 0 Å². The van der Waals surface area contributed by atoms with Crippen LogP contribution in [0.1, 0.15) is 16.0 Å². The van der Waals surface area contributed by atoms with Crippen LogP contribution in [0, 0.1) is 0 Å². The molecule has 1 aliphatic heterocycles. The van der Waals surface area contributed by atoms with E-state index in [1.165, 1.54) is 10.4 Å². The van der Waals surface area contributed by atoms with Gasteiger partial charge < -0.3 is 5.73 Å². The summed E-state index contributed by atoms with van der Waals surface area (Å²) in [6, 6.07) is 6.03. The van der Waals surface area contributed by atoms with Crippen LogP contribution in [0.2, 0.25) is 10.0 Å². The number of anilines is 1. The van der Waals surface area contributed by atoms with Crippen molar-refractivity contribution in [1.29, 1.82) is 0 Å². The second kappa shape index (κ2) is 5.33. The lowest BCUT2D eigenvalue weighted by Crippen LogP contribution is -2.29. The van der Waals surface area contributed by atoms with Crippen LogP contribution in [0.4, 0.5) is 5.69 Å². The topological polar surface area (TPSA) is 29.3 Å². The average molecular weight is 313 g/mol. The van der Waals surface area contributed by atoms with Crippen molar-refractivity contribution >= 4 is 40.2 Å². The Bertz CT molecular complexity index is 586. The van der Waals surface area contributed by atoms with Gasteiger partial charge in [0.25, 0.3) is 0 Å². The van der Waals surface area contributed by atoms with Crippen LogP contribution in [0.25, 0.3) is 0 Å². The number of nitrogen functional groups attached to an aromatic ring is 1. The number of halogens is 2. The average Bonchev–Trinajstić information content (AvgIpc) is 2.83. The molecule has 1 aromatic heterocycles. The Hall–Kier alpha value is -0.740. The van der Waals surface area contributed by atoms with Crippen molar-refractivity contribution < 1.29 is 0 Å². The van der Waals surface area contributed by atoms with Crippen LogP contribution < -0.4 is 5.73 Å². The van der Waals surface area contributed by atoms with E-state index in [4.69, 9.17) is 28.9 Å². The van der Waals surface area contributed by atoms with Crippen LogP contribution >= 0.6 is 34.5 Å². The van der Waals surface area contributed by atoms with E-state index in [0.717, 1.165) is 31.6 Å². The fourth-order valence-corrected chi connectivity index (χ4v) is 3.85. The van der Waals surface area contributed by atoms with Crippen LogP contribution in [0.15, 0.2) is 23.6 Å². The predicted octanol–water partition coefficient (Wildman–Crippen LogP) is 4.20. The van der Waals surface area contributed by atoms with Gasteiger partial charge in [-0.2, -0.15) is 0 Å². The number of nitrogens with zero attached hydrogens (tertiary/aromatic N) is 1. The normalized spacial score (nSPS) is 15.5. The Morgan fingerprint density at radius 2 is 2.00 bits per heavy atom. The fraction of sp³-hybridized carbons (Fsp3) is 0.286. The summed E-state index contributed by atoms with van der Waals surface area (Å²) in [6.07, 6.45) is 1.13. The second-order valence-electron chi connectivity index (χ2n) is 4.80. The van der Waals surface area contributed by atoms with E-state index in [1.54, 1.807) is 0 Å². The quantitative estimate of drug-likeness (QED) is 0.842. The molecule has 0 bridgehead atoms. The highest BCUT2D eigenvalue weighted by Crippen LogP contribution is 2.30. The maximum atomic E-state index is 6.07. The molecule has 19 heavy (non-hydrogen) atoms. The first kappa shape index (κ1) is 13.3. The van der Waals surface area contributed by atoms with Gasteiger partial charge in [0, 0.05) is 24.5 Å². The molecule has 1 aromatic carbocycles. The highest BCUT2D eigenvalue weighted by atomic mass is 35.5. The molecule has 0 radical (unpaired) electrons. The summed E-state index contributed by atoms with van der Waals surface area (Å²) in [6.45, 7) is 2.93. The fourth-order valence-electron chi connectivity index (χ4n) is 2.43. The van der Waals surface area contributed by atoms with Crippen LogP contribution in [0.3, 0.4) is 0 Å². The van der Waals surface area contributed by atoms with Crippen molar-refractivity contribution in [2.75, 3.05) is 12.3 Å². The number of rotatable bonds is 2. The first-order chi connectivity index (χ1) is 9.13. The molecular formula is C14H14Cl2N2S. The van der Waals surface area contributed by atoms with E-state index in [1.807, 2.05) is 23.5 Å². The van der Waals surface area contributed by atoms with Gasteiger partial charge in [-0.1, -0.05) is 23.2 Å². The standard InChI is InChI=1S/C14H14Cl2N2S/c15-11-5-9(6-12(16)14(11)17)7-18-3-1-13-10(8-18)2-4-19-13/h2,4-6H,1,3,7-8,17H2. The Balaban J connectivity index is 1.76. The Morgan fingerprint density at radius 1 is 1.26 bits per heavy atom. The number of thiophene rings is 1. The largest absolute Gasteiger partial charge is 0.396 e. The van der Waals surface area contributed by atoms with Crippen LogP contribution in [-0.4, -0.2) is 11.4 Å². The van der Waals surface area contributed by atoms with E-state index in [-0.39, 0.29) is 0 Å². The van der Waals surface area contributed by atoms with E-state index >= 15 is 0 Å². The Labute approximate surface area is 126 Å². The van der Waals surface area contributed by atoms with E-state index in [0.29, 0.717) is 15.7 Å². The summed E-state index contributed by atoms with van der Waals surface area (Å²) >= 11 is 14.0. The SMILES string of the molecule is Nc1c(Cl)cc(CN2CCc3sccc3C2)cc1Cl. The molecule has 2 N–H and O–H groups in total. The van der Waals surface area contributed by atoms with Gasteiger partial charge >= 0.3 is 0 Å². The van der Waals surface area contributed by atoms with Crippen molar-refractivity contribution in [2.45, 2.75) is 19.5 Å². The molecule has 0 saturated heterocycles. The van der Waals surface area contributed by atoms with Crippen molar-refractivity contribution in [3.8, 4) is 0 Å². The van der Waals surface area contributed by atoms with E-state index in [2.05, 4.69) is 16.3 Å². The molecule has 1 aliphatic rings. The number of hydrogen-bond donors (Lipinski definition) is 1. The molecule has 5 heteroatoms. The number of fused-ring (bicyclic) bond motifs is 1. The zero-order chi connectivity index (χ0) is 13.4. The Kier molecular flexibility index (Phi) is 3.72. The first-order valence-corrected chi connectivity index (χ1v) is 7.78. The van der Waals surface area contributed by atoms with Crippen LogP contribution in [-0.2, 0) is 19.5 Å². The van der Waals surface area contributed by atoms with Gasteiger partial charge in [0.2, 0.25) is 0 Å². The second-order valence-corrected chi connectivity index (χ2v) is 6.62. The first-order valence-electron chi connectivity index (χ1n) is 6.14. The maximum absolute atomic E-state index is 6.07. The summed E-state index contributed by atoms with van der Waals surface area (Å²) < 4.78 is 0. The molecule has 0 atom stereocenters. The lowest BCUT2D eigenvalue weighted by atomic mass is 10.1. The third kappa shape index (κ3) is 2.75. The smallest absolute Gasteiger partial charge is 0.0693 e. The molecule has 0 amide bonds. The molecule has 0 saturated carbocycles. The molecule has 2 nitrogen and oxygen atoms in total. The minimum absolute atomic E-state index is 0.464. The van der Waals surface area contributed by atoms with Crippen molar-refractivity contribution in [2.24, 2.45) is 0 Å². The monoisotopic (exact) mass is 312 g/mol. The van der Waals surface area contributed by atoms with E-state index < -0.39 is 0 Å². The van der Waals surface area contributed by atoms with Crippen LogP contribution in [0.5, 0.6) is 0 Å². The van der Waals surface area contributed by atoms with Crippen molar-refractivity contribution in [3.05, 3.63) is 49.6 Å². The third-order valence-corrected chi connectivity index (χ3v) is 5.08.